The van der Waals surface area contributed by atoms with Gasteiger partial charge in [-0.1, -0.05) is 6.07 Å². The molecule has 108 valence electrons. The average Bonchev–Trinajstić information content (AvgIpc) is 3.07. The summed E-state index contributed by atoms with van der Waals surface area (Å²) in [6, 6.07) is 6.43. The quantitative estimate of drug-likeness (QED) is 0.927. The Morgan fingerprint density at radius 3 is 2.80 bits per heavy atom. The van der Waals surface area contributed by atoms with Gasteiger partial charge in [-0.2, -0.15) is 0 Å². The largest absolute Gasteiger partial charge is 0.494 e. The number of hydrogen-bond acceptors (Lipinski definition) is 4. The molecule has 1 aliphatic heterocycles. The summed E-state index contributed by atoms with van der Waals surface area (Å²) in [4.78, 5) is 6.98. The third kappa shape index (κ3) is 2.22. The van der Waals surface area contributed by atoms with E-state index in [1.165, 1.54) is 25.9 Å². The first-order valence-electron chi connectivity index (χ1n) is 7.23. The molecule has 2 N–H and O–H groups in total. The van der Waals surface area contributed by atoms with Crippen LogP contribution in [0.2, 0.25) is 0 Å². The number of imidazole rings is 1. The van der Waals surface area contributed by atoms with E-state index in [1.54, 1.807) is 7.11 Å². The van der Waals surface area contributed by atoms with Crippen LogP contribution < -0.4 is 10.5 Å². The summed E-state index contributed by atoms with van der Waals surface area (Å²) in [6.07, 6.45) is 2.61. The van der Waals surface area contributed by atoms with Crippen LogP contribution in [0.5, 0.6) is 5.75 Å². The standard InChI is InChI=1S/C15H22N4O/c1-11(18-8-3-4-9-18)10-19-12-6-5-7-13(20-2)14(12)17-15(19)16/h5-7,11H,3-4,8-10H2,1-2H3,(H2,16,17). The van der Waals surface area contributed by atoms with Crippen molar-refractivity contribution in [1.29, 1.82) is 0 Å². The van der Waals surface area contributed by atoms with Crippen LogP contribution in [0, 0.1) is 0 Å². The molecule has 1 aromatic carbocycles. The number of para-hydroxylation sites is 1. The molecule has 0 amide bonds. The number of benzene rings is 1. The van der Waals surface area contributed by atoms with E-state index in [-0.39, 0.29) is 0 Å². The number of methoxy groups -OCH3 is 1. The Labute approximate surface area is 119 Å². The van der Waals surface area contributed by atoms with Crippen LogP contribution in [-0.4, -0.2) is 40.7 Å². The molecule has 5 heteroatoms. The highest BCUT2D eigenvalue weighted by atomic mass is 16.5. The Morgan fingerprint density at radius 2 is 2.10 bits per heavy atom. The molecule has 5 nitrogen and oxygen atoms in total. The van der Waals surface area contributed by atoms with E-state index in [2.05, 4.69) is 27.4 Å². The molecule has 0 saturated carbocycles. The summed E-state index contributed by atoms with van der Waals surface area (Å²) >= 11 is 0. The molecule has 0 spiro atoms. The highest BCUT2D eigenvalue weighted by Gasteiger charge is 2.20. The Kier molecular flexibility index (Phi) is 3.53. The van der Waals surface area contributed by atoms with Gasteiger partial charge in [0.15, 0.2) is 0 Å². The maximum atomic E-state index is 6.10. The predicted octanol–water partition coefficient (Wildman–Crippen LogP) is 2.11. The monoisotopic (exact) mass is 274 g/mol. The summed E-state index contributed by atoms with van der Waals surface area (Å²) in [5.41, 5.74) is 8.00. The van der Waals surface area contributed by atoms with E-state index in [4.69, 9.17) is 10.5 Å². The van der Waals surface area contributed by atoms with E-state index in [0.717, 1.165) is 23.3 Å². The highest BCUT2D eigenvalue weighted by Crippen LogP contribution is 2.27. The fourth-order valence-corrected chi connectivity index (χ4v) is 3.06. The van der Waals surface area contributed by atoms with Gasteiger partial charge in [0.25, 0.3) is 0 Å². The van der Waals surface area contributed by atoms with Gasteiger partial charge in [0.05, 0.1) is 12.6 Å². The zero-order chi connectivity index (χ0) is 14.1. The van der Waals surface area contributed by atoms with Crippen molar-refractivity contribution in [2.45, 2.75) is 32.4 Å². The maximum Gasteiger partial charge on any atom is 0.201 e. The molecule has 0 aliphatic carbocycles. The zero-order valence-corrected chi connectivity index (χ0v) is 12.2. The van der Waals surface area contributed by atoms with E-state index in [1.807, 2.05) is 12.1 Å². The molecule has 1 unspecified atom stereocenters. The van der Waals surface area contributed by atoms with Crippen LogP contribution in [0.4, 0.5) is 5.95 Å². The zero-order valence-electron chi connectivity index (χ0n) is 12.2. The summed E-state index contributed by atoms with van der Waals surface area (Å²) in [5.74, 6) is 1.34. The molecule has 2 heterocycles. The summed E-state index contributed by atoms with van der Waals surface area (Å²) in [6.45, 7) is 5.51. The minimum absolute atomic E-state index is 0.475. The van der Waals surface area contributed by atoms with Crippen molar-refractivity contribution in [1.82, 2.24) is 14.5 Å². The third-order valence-electron chi connectivity index (χ3n) is 4.20. The van der Waals surface area contributed by atoms with E-state index >= 15 is 0 Å². The number of fused-ring (bicyclic) bond motifs is 1. The molecule has 1 atom stereocenters. The molecule has 1 saturated heterocycles. The van der Waals surface area contributed by atoms with Gasteiger partial charge in [-0.25, -0.2) is 4.98 Å². The van der Waals surface area contributed by atoms with Crippen LogP contribution in [0.3, 0.4) is 0 Å². The first-order chi connectivity index (χ1) is 9.70. The normalized spacial score (nSPS) is 17.7. The van der Waals surface area contributed by atoms with E-state index in [9.17, 15) is 0 Å². The second-order valence-electron chi connectivity index (χ2n) is 5.50. The Balaban J connectivity index is 1.92. The van der Waals surface area contributed by atoms with Crippen LogP contribution in [-0.2, 0) is 6.54 Å². The van der Waals surface area contributed by atoms with Gasteiger partial charge in [0.2, 0.25) is 5.95 Å². The number of nitrogen functional groups attached to an aromatic ring is 1. The summed E-state index contributed by atoms with van der Waals surface area (Å²) < 4.78 is 7.46. The molecule has 3 rings (SSSR count). The van der Waals surface area contributed by atoms with Gasteiger partial charge in [-0.05, 0) is 45.0 Å². The molecule has 1 aliphatic rings. The Bertz CT molecular complexity index is 601. The topological polar surface area (TPSA) is 56.3 Å². The average molecular weight is 274 g/mol. The van der Waals surface area contributed by atoms with Crippen molar-refractivity contribution in [3.05, 3.63) is 18.2 Å². The lowest BCUT2D eigenvalue weighted by molar-refractivity contribution is 0.238. The lowest BCUT2D eigenvalue weighted by atomic mass is 10.2. The molecule has 20 heavy (non-hydrogen) atoms. The SMILES string of the molecule is COc1cccc2c1nc(N)n2CC(C)N1CCCC1. The van der Waals surface area contributed by atoms with E-state index < -0.39 is 0 Å². The van der Waals surface area contributed by atoms with Crippen molar-refractivity contribution in [3.8, 4) is 5.75 Å². The number of hydrogen-bond donors (Lipinski definition) is 1. The number of nitrogens with two attached hydrogens (primary N) is 1. The number of nitrogens with zero attached hydrogens (tertiary/aromatic N) is 3. The van der Waals surface area contributed by atoms with Gasteiger partial charge in [0, 0.05) is 12.6 Å². The first kappa shape index (κ1) is 13.2. The fraction of sp³-hybridized carbons (Fsp3) is 0.533. The molecule has 1 aromatic heterocycles. The molecular formula is C15H22N4O. The van der Waals surface area contributed by atoms with Gasteiger partial charge in [-0.3, -0.25) is 4.90 Å². The first-order valence-corrected chi connectivity index (χ1v) is 7.23. The maximum absolute atomic E-state index is 6.10. The van der Waals surface area contributed by atoms with Crippen molar-refractivity contribution in [2.75, 3.05) is 25.9 Å². The molecule has 2 aromatic rings. The van der Waals surface area contributed by atoms with Crippen LogP contribution in [0.1, 0.15) is 19.8 Å². The summed E-state index contributed by atoms with van der Waals surface area (Å²) in [7, 11) is 1.66. The van der Waals surface area contributed by atoms with Crippen LogP contribution in [0.25, 0.3) is 11.0 Å². The second kappa shape index (κ2) is 5.32. The third-order valence-corrected chi connectivity index (χ3v) is 4.20. The van der Waals surface area contributed by atoms with Crippen molar-refractivity contribution in [2.24, 2.45) is 0 Å². The number of rotatable bonds is 4. The van der Waals surface area contributed by atoms with Crippen LogP contribution in [0.15, 0.2) is 18.2 Å². The smallest absolute Gasteiger partial charge is 0.201 e. The van der Waals surface area contributed by atoms with Crippen molar-refractivity contribution < 1.29 is 4.74 Å². The van der Waals surface area contributed by atoms with Crippen molar-refractivity contribution in [3.63, 3.8) is 0 Å². The molecular weight excluding hydrogens is 252 g/mol. The summed E-state index contributed by atoms with van der Waals surface area (Å²) in [5, 5.41) is 0. The van der Waals surface area contributed by atoms with Gasteiger partial charge >= 0.3 is 0 Å². The number of anilines is 1. The second-order valence-corrected chi connectivity index (χ2v) is 5.50. The van der Waals surface area contributed by atoms with Gasteiger partial charge in [0.1, 0.15) is 11.3 Å². The molecule has 1 fully saturated rings. The predicted molar refractivity (Wildman–Crippen MR) is 81.0 cm³/mol. The molecule has 0 bridgehead atoms. The number of ether oxygens (including phenoxy) is 1. The van der Waals surface area contributed by atoms with Gasteiger partial charge in [-0.15, -0.1) is 0 Å². The highest BCUT2D eigenvalue weighted by molar-refractivity contribution is 5.84. The van der Waals surface area contributed by atoms with Crippen LogP contribution >= 0.6 is 0 Å². The van der Waals surface area contributed by atoms with Gasteiger partial charge < -0.3 is 15.0 Å². The minimum Gasteiger partial charge on any atom is -0.494 e. The lowest BCUT2D eigenvalue weighted by Crippen LogP contribution is -2.33. The minimum atomic E-state index is 0.475. The van der Waals surface area contributed by atoms with E-state index in [0.29, 0.717) is 12.0 Å². The number of aromatic nitrogens is 2. The number of likely N-dealkylation sites (tertiary alicyclic amines) is 1. The lowest BCUT2D eigenvalue weighted by Gasteiger charge is -2.24. The van der Waals surface area contributed by atoms with Crippen molar-refractivity contribution >= 4 is 17.0 Å². The molecule has 0 radical (unpaired) electrons. The Morgan fingerprint density at radius 1 is 1.35 bits per heavy atom. The Hall–Kier alpha value is -1.75. The fourth-order valence-electron chi connectivity index (χ4n) is 3.06.